The van der Waals surface area contributed by atoms with Crippen molar-refractivity contribution < 1.29 is 14.6 Å². The van der Waals surface area contributed by atoms with E-state index in [4.69, 9.17) is 9.47 Å². The van der Waals surface area contributed by atoms with E-state index < -0.39 is 6.10 Å². The molecule has 19 heavy (non-hydrogen) atoms. The first-order valence-corrected chi connectivity index (χ1v) is 7.17. The molecule has 3 atom stereocenters. The third kappa shape index (κ3) is 3.63. The van der Waals surface area contributed by atoms with Crippen LogP contribution >= 0.6 is 0 Å². The van der Waals surface area contributed by atoms with E-state index in [1.165, 1.54) is 0 Å². The van der Waals surface area contributed by atoms with Gasteiger partial charge in [-0.3, -0.25) is 0 Å². The van der Waals surface area contributed by atoms with Crippen LogP contribution in [-0.4, -0.2) is 18.3 Å². The SMILES string of the molecule is CCC(C)CC(O)c1ccc2c(c1)OCC(C)CO2. The van der Waals surface area contributed by atoms with E-state index in [0.717, 1.165) is 29.9 Å². The van der Waals surface area contributed by atoms with Crippen molar-refractivity contribution in [2.45, 2.75) is 39.7 Å². The van der Waals surface area contributed by atoms with Gasteiger partial charge in [0.1, 0.15) is 0 Å². The van der Waals surface area contributed by atoms with Gasteiger partial charge in [-0.1, -0.05) is 33.3 Å². The van der Waals surface area contributed by atoms with E-state index in [-0.39, 0.29) is 0 Å². The molecule has 1 heterocycles. The largest absolute Gasteiger partial charge is 0.489 e. The molecule has 1 aliphatic heterocycles. The number of fused-ring (bicyclic) bond motifs is 1. The Morgan fingerprint density at radius 1 is 1.26 bits per heavy atom. The topological polar surface area (TPSA) is 38.7 Å². The predicted molar refractivity (Wildman–Crippen MR) is 75.6 cm³/mol. The highest BCUT2D eigenvalue weighted by molar-refractivity contribution is 5.44. The Kier molecular flexibility index (Phi) is 4.70. The molecular formula is C16H24O3. The standard InChI is InChI=1S/C16H24O3/c1-4-11(2)7-14(17)13-5-6-15-16(8-13)19-10-12(3)9-18-15/h5-6,8,11-12,14,17H,4,7,9-10H2,1-3H3. The van der Waals surface area contributed by atoms with Crippen molar-refractivity contribution in [3.63, 3.8) is 0 Å². The molecule has 3 nitrogen and oxygen atoms in total. The lowest BCUT2D eigenvalue weighted by molar-refractivity contribution is 0.146. The molecule has 106 valence electrons. The van der Waals surface area contributed by atoms with E-state index in [0.29, 0.717) is 25.0 Å². The molecule has 0 bridgehead atoms. The quantitative estimate of drug-likeness (QED) is 0.903. The second kappa shape index (κ2) is 6.29. The van der Waals surface area contributed by atoms with Gasteiger partial charge in [0.25, 0.3) is 0 Å². The van der Waals surface area contributed by atoms with E-state index in [2.05, 4.69) is 20.8 Å². The van der Waals surface area contributed by atoms with E-state index in [1.54, 1.807) is 0 Å². The van der Waals surface area contributed by atoms with Gasteiger partial charge >= 0.3 is 0 Å². The zero-order valence-electron chi connectivity index (χ0n) is 12.1. The average molecular weight is 264 g/mol. The third-order valence-electron chi connectivity index (χ3n) is 3.72. The van der Waals surface area contributed by atoms with E-state index in [1.807, 2.05) is 18.2 Å². The molecule has 0 fully saturated rings. The first kappa shape index (κ1) is 14.2. The van der Waals surface area contributed by atoms with Crippen LogP contribution in [-0.2, 0) is 0 Å². The molecule has 0 spiro atoms. The van der Waals surface area contributed by atoms with Crippen LogP contribution in [0.2, 0.25) is 0 Å². The maximum atomic E-state index is 10.2. The first-order valence-electron chi connectivity index (χ1n) is 7.17. The Hall–Kier alpha value is -1.22. The molecule has 1 aromatic carbocycles. The normalized spacial score (nSPS) is 21.6. The van der Waals surface area contributed by atoms with Crippen LogP contribution in [0.25, 0.3) is 0 Å². The Labute approximate surface area is 115 Å². The Bertz CT molecular complexity index is 416. The molecule has 3 heteroatoms. The fourth-order valence-electron chi connectivity index (χ4n) is 2.16. The van der Waals surface area contributed by atoms with Crippen LogP contribution in [0, 0.1) is 11.8 Å². The molecular weight excluding hydrogens is 240 g/mol. The Morgan fingerprint density at radius 2 is 1.95 bits per heavy atom. The summed E-state index contributed by atoms with van der Waals surface area (Å²) in [5.74, 6) is 2.45. The number of aliphatic hydroxyl groups excluding tert-OH is 1. The summed E-state index contributed by atoms with van der Waals surface area (Å²) in [5, 5.41) is 10.2. The maximum Gasteiger partial charge on any atom is 0.161 e. The molecule has 1 aliphatic rings. The number of benzene rings is 1. The zero-order valence-corrected chi connectivity index (χ0v) is 12.1. The highest BCUT2D eigenvalue weighted by Gasteiger charge is 2.18. The summed E-state index contributed by atoms with van der Waals surface area (Å²) in [6.07, 6.45) is 1.44. The Balaban J connectivity index is 2.12. The van der Waals surface area contributed by atoms with Crippen LogP contribution in [0.3, 0.4) is 0 Å². The number of aliphatic hydroxyl groups is 1. The summed E-state index contributed by atoms with van der Waals surface area (Å²) >= 11 is 0. The minimum atomic E-state index is -0.426. The summed E-state index contributed by atoms with van der Waals surface area (Å²) in [7, 11) is 0. The van der Waals surface area contributed by atoms with Gasteiger partial charge in [0, 0.05) is 5.92 Å². The molecule has 1 N–H and O–H groups in total. The van der Waals surface area contributed by atoms with Crippen molar-refractivity contribution in [1.82, 2.24) is 0 Å². The average Bonchev–Trinajstić information content (AvgIpc) is 2.60. The molecule has 2 rings (SSSR count). The Morgan fingerprint density at radius 3 is 2.63 bits per heavy atom. The molecule has 3 unspecified atom stereocenters. The second-order valence-electron chi connectivity index (χ2n) is 5.70. The highest BCUT2D eigenvalue weighted by atomic mass is 16.5. The fourth-order valence-corrected chi connectivity index (χ4v) is 2.16. The van der Waals surface area contributed by atoms with Gasteiger partial charge in [-0.05, 0) is 30.0 Å². The minimum absolute atomic E-state index is 0.390. The van der Waals surface area contributed by atoms with Crippen molar-refractivity contribution in [2.75, 3.05) is 13.2 Å². The lowest BCUT2D eigenvalue weighted by atomic mass is 9.96. The van der Waals surface area contributed by atoms with Crippen LogP contribution in [0.4, 0.5) is 0 Å². The van der Waals surface area contributed by atoms with Crippen molar-refractivity contribution in [3.8, 4) is 11.5 Å². The van der Waals surface area contributed by atoms with Gasteiger partial charge in [-0.2, -0.15) is 0 Å². The highest BCUT2D eigenvalue weighted by Crippen LogP contribution is 2.34. The van der Waals surface area contributed by atoms with E-state index in [9.17, 15) is 5.11 Å². The van der Waals surface area contributed by atoms with Crippen LogP contribution in [0.5, 0.6) is 11.5 Å². The predicted octanol–water partition coefficient (Wildman–Crippen LogP) is 3.56. The second-order valence-corrected chi connectivity index (χ2v) is 5.70. The summed E-state index contributed by atoms with van der Waals surface area (Å²) in [4.78, 5) is 0. The van der Waals surface area contributed by atoms with Crippen LogP contribution in [0.15, 0.2) is 18.2 Å². The zero-order chi connectivity index (χ0) is 13.8. The molecule has 1 aromatic rings. The molecule has 0 amide bonds. The van der Waals surface area contributed by atoms with Gasteiger partial charge in [-0.25, -0.2) is 0 Å². The van der Waals surface area contributed by atoms with Gasteiger partial charge < -0.3 is 14.6 Å². The molecule has 0 saturated heterocycles. The summed E-state index contributed by atoms with van der Waals surface area (Å²) in [6, 6.07) is 5.76. The first-order chi connectivity index (χ1) is 9.10. The lowest BCUT2D eigenvalue weighted by Gasteiger charge is -2.17. The van der Waals surface area contributed by atoms with Gasteiger partial charge in [0.2, 0.25) is 0 Å². The fraction of sp³-hybridized carbons (Fsp3) is 0.625. The number of hydrogen-bond acceptors (Lipinski definition) is 3. The summed E-state index contributed by atoms with van der Waals surface area (Å²) in [6.45, 7) is 7.75. The molecule has 0 saturated carbocycles. The van der Waals surface area contributed by atoms with Crippen molar-refractivity contribution in [1.29, 1.82) is 0 Å². The lowest BCUT2D eigenvalue weighted by Crippen LogP contribution is -2.12. The van der Waals surface area contributed by atoms with E-state index >= 15 is 0 Å². The number of ether oxygens (including phenoxy) is 2. The maximum absolute atomic E-state index is 10.2. The van der Waals surface area contributed by atoms with Crippen molar-refractivity contribution >= 4 is 0 Å². The van der Waals surface area contributed by atoms with Gasteiger partial charge in [-0.15, -0.1) is 0 Å². The smallest absolute Gasteiger partial charge is 0.161 e. The monoisotopic (exact) mass is 264 g/mol. The minimum Gasteiger partial charge on any atom is -0.489 e. The van der Waals surface area contributed by atoms with Crippen LogP contribution in [0.1, 0.15) is 45.3 Å². The summed E-state index contributed by atoms with van der Waals surface area (Å²) in [5.41, 5.74) is 0.914. The molecule has 0 aromatic heterocycles. The molecule has 0 aliphatic carbocycles. The van der Waals surface area contributed by atoms with Gasteiger partial charge in [0.05, 0.1) is 19.3 Å². The molecule has 0 radical (unpaired) electrons. The number of hydrogen-bond donors (Lipinski definition) is 1. The number of rotatable bonds is 4. The summed E-state index contributed by atoms with van der Waals surface area (Å²) < 4.78 is 11.4. The van der Waals surface area contributed by atoms with Crippen molar-refractivity contribution in [3.05, 3.63) is 23.8 Å². The van der Waals surface area contributed by atoms with Crippen molar-refractivity contribution in [2.24, 2.45) is 11.8 Å². The van der Waals surface area contributed by atoms with Crippen LogP contribution < -0.4 is 9.47 Å². The third-order valence-corrected chi connectivity index (χ3v) is 3.72. The van der Waals surface area contributed by atoms with Gasteiger partial charge in [0.15, 0.2) is 11.5 Å².